The Morgan fingerprint density at radius 1 is 1.38 bits per heavy atom. The van der Waals surface area contributed by atoms with Crippen LogP contribution in [-0.4, -0.2) is 26.5 Å². The lowest BCUT2D eigenvalue weighted by Crippen LogP contribution is -2.14. The molecule has 8 heteroatoms. The Labute approximate surface area is 107 Å². The molecule has 6 nitrogen and oxygen atoms in total. The summed E-state index contributed by atoms with van der Waals surface area (Å²) in [4.78, 5) is 11.6. The summed E-state index contributed by atoms with van der Waals surface area (Å²) in [5.41, 5.74) is 0.637. The summed E-state index contributed by atoms with van der Waals surface area (Å²) < 4.78 is 1.68. The minimum atomic E-state index is -0.420. The van der Waals surface area contributed by atoms with Crippen LogP contribution >= 0.6 is 31.9 Å². The van der Waals surface area contributed by atoms with Crippen molar-refractivity contribution in [3.8, 4) is 0 Å². The molecule has 0 saturated heterocycles. The van der Waals surface area contributed by atoms with Gasteiger partial charge >= 0.3 is 0 Å². The van der Waals surface area contributed by atoms with Crippen LogP contribution in [-0.2, 0) is 0 Å². The summed E-state index contributed by atoms with van der Waals surface area (Å²) in [5.74, 6) is -0.424. The van der Waals surface area contributed by atoms with Crippen molar-refractivity contribution in [2.75, 3.05) is 5.32 Å². The van der Waals surface area contributed by atoms with E-state index in [1.165, 1.54) is 0 Å². The van der Waals surface area contributed by atoms with Crippen molar-refractivity contribution < 1.29 is 4.79 Å². The Balaban J connectivity index is 2.18. The normalized spacial score (nSPS) is 10.1. The summed E-state index contributed by atoms with van der Waals surface area (Å²) >= 11 is 6.65. The molecule has 0 aliphatic carbocycles. The first kappa shape index (κ1) is 11.2. The van der Waals surface area contributed by atoms with Crippen LogP contribution in [0.15, 0.2) is 27.1 Å². The summed E-state index contributed by atoms with van der Waals surface area (Å²) in [5, 5.41) is 15.3. The van der Waals surface area contributed by atoms with E-state index in [2.05, 4.69) is 57.8 Å². The van der Waals surface area contributed by atoms with Crippen molar-refractivity contribution in [2.24, 2.45) is 0 Å². The molecule has 1 aromatic carbocycles. The zero-order valence-corrected chi connectivity index (χ0v) is 10.9. The number of hydrogen-bond donors (Lipinski definition) is 2. The van der Waals surface area contributed by atoms with Crippen LogP contribution in [0.2, 0.25) is 0 Å². The molecule has 0 unspecified atom stereocenters. The SMILES string of the molecule is O=C(Nc1ccc(Br)cc1Br)c1nn[nH]n1. The van der Waals surface area contributed by atoms with Crippen LogP contribution in [0.25, 0.3) is 0 Å². The van der Waals surface area contributed by atoms with E-state index in [1.54, 1.807) is 6.07 Å². The van der Waals surface area contributed by atoms with E-state index in [0.29, 0.717) is 5.69 Å². The summed E-state index contributed by atoms with van der Waals surface area (Å²) in [7, 11) is 0. The predicted molar refractivity (Wildman–Crippen MR) is 64.0 cm³/mol. The highest BCUT2D eigenvalue weighted by Gasteiger charge is 2.12. The Morgan fingerprint density at radius 2 is 2.19 bits per heavy atom. The quantitative estimate of drug-likeness (QED) is 0.870. The molecule has 0 saturated carbocycles. The molecule has 0 aliphatic heterocycles. The number of hydrogen-bond acceptors (Lipinski definition) is 4. The largest absolute Gasteiger partial charge is 0.318 e. The predicted octanol–water partition coefficient (Wildman–Crippen LogP) is 1.98. The number of amides is 1. The smallest absolute Gasteiger partial charge is 0.297 e. The number of benzene rings is 1. The molecule has 0 atom stereocenters. The van der Waals surface area contributed by atoms with Gasteiger partial charge in [0.05, 0.1) is 5.69 Å². The molecular formula is C8H5Br2N5O. The fraction of sp³-hybridized carbons (Fsp3) is 0. The molecule has 2 N–H and O–H groups in total. The van der Waals surface area contributed by atoms with Crippen LogP contribution < -0.4 is 5.32 Å². The molecule has 0 fully saturated rings. The minimum absolute atomic E-state index is 0.00480. The van der Waals surface area contributed by atoms with Gasteiger partial charge in [-0.1, -0.05) is 15.9 Å². The van der Waals surface area contributed by atoms with Gasteiger partial charge in [-0.2, -0.15) is 5.21 Å². The van der Waals surface area contributed by atoms with Crippen molar-refractivity contribution in [3.63, 3.8) is 0 Å². The Hall–Kier alpha value is -1.28. The van der Waals surface area contributed by atoms with Gasteiger partial charge in [0.25, 0.3) is 11.7 Å². The zero-order chi connectivity index (χ0) is 11.5. The number of tetrazole rings is 1. The maximum Gasteiger partial charge on any atom is 0.297 e. The number of carbonyl (C=O) groups is 1. The number of halogens is 2. The van der Waals surface area contributed by atoms with Gasteiger partial charge in [0.1, 0.15) is 0 Å². The molecule has 1 aromatic heterocycles. The first-order valence-corrected chi connectivity index (χ1v) is 5.75. The molecule has 16 heavy (non-hydrogen) atoms. The molecule has 2 rings (SSSR count). The van der Waals surface area contributed by atoms with Crippen LogP contribution in [0.5, 0.6) is 0 Å². The van der Waals surface area contributed by atoms with Gasteiger partial charge in [-0.3, -0.25) is 4.79 Å². The number of aromatic nitrogens is 4. The van der Waals surface area contributed by atoms with Crippen LogP contribution in [0, 0.1) is 0 Å². The third-order valence-corrected chi connectivity index (χ3v) is 2.88. The van der Waals surface area contributed by atoms with Crippen LogP contribution in [0.1, 0.15) is 10.6 Å². The average Bonchev–Trinajstić information content (AvgIpc) is 2.75. The average molecular weight is 347 g/mol. The highest BCUT2D eigenvalue weighted by Crippen LogP contribution is 2.26. The highest BCUT2D eigenvalue weighted by atomic mass is 79.9. The Morgan fingerprint density at radius 3 is 2.81 bits per heavy atom. The third kappa shape index (κ3) is 2.45. The lowest BCUT2D eigenvalue weighted by molar-refractivity contribution is 0.101. The van der Waals surface area contributed by atoms with Crippen molar-refractivity contribution in [1.29, 1.82) is 0 Å². The van der Waals surface area contributed by atoms with E-state index in [-0.39, 0.29) is 5.82 Å². The van der Waals surface area contributed by atoms with E-state index in [1.807, 2.05) is 12.1 Å². The van der Waals surface area contributed by atoms with Crippen molar-refractivity contribution in [1.82, 2.24) is 20.6 Å². The number of H-pyrrole nitrogens is 1. The van der Waals surface area contributed by atoms with E-state index in [4.69, 9.17) is 0 Å². The van der Waals surface area contributed by atoms with Crippen LogP contribution in [0.3, 0.4) is 0 Å². The zero-order valence-electron chi connectivity index (χ0n) is 7.74. The van der Waals surface area contributed by atoms with Gasteiger partial charge in [-0.05, 0) is 39.3 Å². The summed E-state index contributed by atoms with van der Waals surface area (Å²) in [6.07, 6.45) is 0. The molecule has 1 heterocycles. The number of anilines is 1. The van der Waals surface area contributed by atoms with Crippen molar-refractivity contribution in [2.45, 2.75) is 0 Å². The lowest BCUT2D eigenvalue weighted by Gasteiger charge is -2.05. The number of nitrogens with one attached hydrogen (secondary N) is 2. The second-order valence-electron chi connectivity index (χ2n) is 2.81. The number of nitrogens with zero attached hydrogens (tertiary/aromatic N) is 3. The Kier molecular flexibility index (Phi) is 3.30. The van der Waals surface area contributed by atoms with Gasteiger partial charge < -0.3 is 5.32 Å². The second kappa shape index (κ2) is 4.71. The third-order valence-electron chi connectivity index (χ3n) is 1.73. The fourth-order valence-corrected chi connectivity index (χ4v) is 2.17. The molecule has 0 radical (unpaired) electrons. The van der Waals surface area contributed by atoms with E-state index in [0.717, 1.165) is 8.95 Å². The summed E-state index contributed by atoms with van der Waals surface area (Å²) in [6, 6.07) is 5.40. The number of carbonyl (C=O) groups excluding carboxylic acids is 1. The van der Waals surface area contributed by atoms with E-state index in [9.17, 15) is 4.79 Å². The van der Waals surface area contributed by atoms with E-state index >= 15 is 0 Å². The maximum atomic E-state index is 11.6. The molecule has 0 aliphatic rings. The van der Waals surface area contributed by atoms with Gasteiger partial charge in [-0.15, -0.1) is 10.2 Å². The monoisotopic (exact) mass is 345 g/mol. The van der Waals surface area contributed by atoms with Crippen LogP contribution in [0.4, 0.5) is 5.69 Å². The van der Waals surface area contributed by atoms with Gasteiger partial charge in [0.15, 0.2) is 0 Å². The maximum absolute atomic E-state index is 11.6. The number of rotatable bonds is 2. The van der Waals surface area contributed by atoms with E-state index < -0.39 is 5.91 Å². The molecular weight excluding hydrogens is 342 g/mol. The molecule has 0 bridgehead atoms. The molecule has 82 valence electrons. The minimum Gasteiger partial charge on any atom is -0.318 e. The van der Waals surface area contributed by atoms with Gasteiger partial charge in [0, 0.05) is 8.95 Å². The topological polar surface area (TPSA) is 83.6 Å². The van der Waals surface area contributed by atoms with Crippen molar-refractivity contribution >= 4 is 43.5 Å². The second-order valence-corrected chi connectivity index (χ2v) is 4.58. The number of aromatic amines is 1. The highest BCUT2D eigenvalue weighted by molar-refractivity contribution is 9.11. The summed E-state index contributed by atoms with van der Waals surface area (Å²) in [6.45, 7) is 0. The molecule has 0 spiro atoms. The molecule has 2 aromatic rings. The lowest BCUT2D eigenvalue weighted by atomic mass is 10.3. The van der Waals surface area contributed by atoms with Gasteiger partial charge in [0.2, 0.25) is 0 Å². The van der Waals surface area contributed by atoms with Gasteiger partial charge in [-0.25, -0.2) is 0 Å². The van der Waals surface area contributed by atoms with Crippen molar-refractivity contribution in [3.05, 3.63) is 33.0 Å². The standard InChI is InChI=1S/C8H5Br2N5O/c9-4-1-2-6(5(10)3-4)11-8(16)7-12-14-15-13-7/h1-3H,(H,11,16)(H,12,13,14,15). The first-order chi connectivity index (χ1) is 7.66. The molecule has 1 amide bonds. The Bertz CT molecular complexity index is 513. The first-order valence-electron chi connectivity index (χ1n) is 4.16. The fourth-order valence-electron chi connectivity index (χ4n) is 1.03.